The Bertz CT molecular complexity index is 608. The van der Waals surface area contributed by atoms with Gasteiger partial charge in [0.25, 0.3) is 0 Å². The summed E-state index contributed by atoms with van der Waals surface area (Å²) in [5.74, 6) is 0.227. The van der Waals surface area contributed by atoms with E-state index < -0.39 is 6.10 Å². The van der Waals surface area contributed by atoms with Crippen LogP contribution >= 0.6 is 0 Å². The molecule has 3 rings (SSSR count). The van der Waals surface area contributed by atoms with Crippen LogP contribution in [0.2, 0.25) is 0 Å². The number of aliphatic hydroxyl groups excluding tert-OH is 1. The van der Waals surface area contributed by atoms with Crippen LogP contribution in [0.15, 0.2) is 36.4 Å². The van der Waals surface area contributed by atoms with Crippen molar-refractivity contribution in [3.63, 3.8) is 0 Å². The lowest BCUT2D eigenvalue weighted by Gasteiger charge is -2.35. The molecule has 0 bridgehead atoms. The minimum Gasteiger partial charge on any atom is -0.391 e. The normalized spacial score (nSPS) is 24.9. The maximum atomic E-state index is 12.4. The quantitative estimate of drug-likeness (QED) is 0.813. The summed E-state index contributed by atoms with van der Waals surface area (Å²) in [6, 6.07) is 8.49. The van der Waals surface area contributed by atoms with Crippen molar-refractivity contribution in [2.75, 3.05) is 45.9 Å². The van der Waals surface area contributed by atoms with Crippen LogP contribution in [0.1, 0.15) is 17.5 Å². The average Bonchev–Trinajstić information content (AvgIpc) is 2.66. The number of nitrogens with zero attached hydrogens (tertiary/aromatic N) is 2. The standard InChI is InChI=1S/C21H30N2O3/c1-17-4-6-18(7-5-17)15-19-8-10-23(16-20(19)24)21(25)3-2-9-22-11-13-26-14-12-22/h2-7,19-20,24H,8-16H2,1H3/b3-2+/t19-,20-/m1/s1. The lowest BCUT2D eigenvalue weighted by molar-refractivity contribution is -0.130. The van der Waals surface area contributed by atoms with Crippen molar-refractivity contribution in [1.82, 2.24) is 9.80 Å². The first kappa shape index (κ1) is 19.1. The Morgan fingerprint density at radius 2 is 1.96 bits per heavy atom. The van der Waals surface area contributed by atoms with Gasteiger partial charge in [-0.15, -0.1) is 0 Å². The van der Waals surface area contributed by atoms with Crippen molar-refractivity contribution in [2.24, 2.45) is 5.92 Å². The molecule has 0 spiro atoms. The van der Waals surface area contributed by atoms with Crippen LogP contribution in [-0.2, 0) is 16.0 Å². The molecule has 2 heterocycles. The molecule has 1 aromatic rings. The van der Waals surface area contributed by atoms with Gasteiger partial charge >= 0.3 is 0 Å². The monoisotopic (exact) mass is 358 g/mol. The van der Waals surface area contributed by atoms with Gasteiger partial charge in [0.05, 0.1) is 19.3 Å². The Morgan fingerprint density at radius 3 is 2.65 bits per heavy atom. The predicted octanol–water partition coefficient (Wildman–Crippen LogP) is 1.64. The van der Waals surface area contributed by atoms with Crippen LogP contribution in [0.5, 0.6) is 0 Å². The van der Waals surface area contributed by atoms with E-state index in [0.29, 0.717) is 13.1 Å². The SMILES string of the molecule is Cc1ccc(C[C@H]2CCN(C(=O)/C=C/CN3CCOCC3)C[C@H]2O)cc1. The third kappa shape index (κ3) is 5.40. The zero-order chi connectivity index (χ0) is 18.4. The molecule has 26 heavy (non-hydrogen) atoms. The smallest absolute Gasteiger partial charge is 0.246 e. The van der Waals surface area contributed by atoms with Crippen LogP contribution in [0.25, 0.3) is 0 Å². The third-order valence-electron chi connectivity index (χ3n) is 5.38. The van der Waals surface area contributed by atoms with Gasteiger partial charge in [-0.3, -0.25) is 9.69 Å². The Hall–Kier alpha value is -1.69. The predicted molar refractivity (Wildman–Crippen MR) is 102 cm³/mol. The van der Waals surface area contributed by atoms with E-state index in [2.05, 4.69) is 36.1 Å². The second kappa shape index (κ2) is 9.31. The number of carbonyl (C=O) groups is 1. The number of rotatable bonds is 5. The van der Waals surface area contributed by atoms with E-state index in [-0.39, 0.29) is 11.8 Å². The van der Waals surface area contributed by atoms with Crippen molar-refractivity contribution in [1.29, 1.82) is 0 Å². The molecule has 0 unspecified atom stereocenters. The number of carbonyl (C=O) groups excluding carboxylic acids is 1. The number of hydrogen-bond acceptors (Lipinski definition) is 4. The first-order chi connectivity index (χ1) is 12.6. The fourth-order valence-electron chi connectivity index (χ4n) is 3.64. The van der Waals surface area contributed by atoms with Gasteiger partial charge in [-0.1, -0.05) is 35.9 Å². The molecule has 5 heteroatoms. The second-order valence-electron chi connectivity index (χ2n) is 7.41. The van der Waals surface area contributed by atoms with Crippen molar-refractivity contribution in [3.05, 3.63) is 47.5 Å². The molecule has 2 fully saturated rings. The Kier molecular flexibility index (Phi) is 6.83. The first-order valence-electron chi connectivity index (χ1n) is 9.61. The maximum absolute atomic E-state index is 12.4. The van der Waals surface area contributed by atoms with E-state index in [9.17, 15) is 9.90 Å². The van der Waals surface area contributed by atoms with Gasteiger partial charge in [-0.2, -0.15) is 0 Å². The number of amides is 1. The van der Waals surface area contributed by atoms with Crippen LogP contribution in [0.4, 0.5) is 0 Å². The summed E-state index contributed by atoms with van der Waals surface area (Å²) in [4.78, 5) is 16.4. The number of piperidine rings is 1. The molecule has 2 saturated heterocycles. The van der Waals surface area contributed by atoms with Crippen LogP contribution < -0.4 is 0 Å². The minimum atomic E-state index is -0.457. The summed E-state index contributed by atoms with van der Waals surface area (Å²) >= 11 is 0. The number of benzene rings is 1. The summed E-state index contributed by atoms with van der Waals surface area (Å²) in [5.41, 5.74) is 2.50. The van der Waals surface area contributed by atoms with Crippen molar-refractivity contribution in [3.8, 4) is 0 Å². The number of morpholine rings is 1. The van der Waals surface area contributed by atoms with E-state index >= 15 is 0 Å². The number of β-amino-alcohol motifs (C(OH)–C–C–N with tert-alkyl or cyclic N) is 1. The van der Waals surface area contributed by atoms with E-state index in [0.717, 1.165) is 45.7 Å². The summed E-state index contributed by atoms with van der Waals surface area (Å²) in [6.45, 7) is 7.37. The summed E-state index contributed by atoms with van der Waals surface area (Å²) in [6.07, 6.45) is 4.84. The summed E-state index contributed by atoms with van der Waals surface area (Å²) < 4.78 is 5.32. The summed E-state index contributed by atoms with van der Waals surface area (Å²) in [5, 5.41) is 10.5. The number of hydrogen-bond donors (Lipinski definition) is 1. The largest absolute Gasteiger partial charge is 0.391 e. The number of likely N-dealkylation sites (tertiary alicyclic amines) is 1. The lowest BCUT2D eigenvalue weighted by Crippen LogP contribution is -2.46. The highest BCUT2D eigenvalue weighted by Crippen LogP contribution is 2.22. The van der Waals surface area contributed by atoms with E-state index in [1.807, 2.05) is 6.08 Å². The van der Waals surface area contributed by atoms with Gasteiger partial charge in [0.1, 0.15) is 0 Å². The third-order valence-corrected chi connectivity index (χ3v) is 5.38. The molecule has 0 aliphatic carbocycles. The molecule has 142 valence electrons. The fraction of sp³-hybridized carbons (Fsp3) is 0.571. The van der Waals surface area contributed by atoms with Gasteiger partial charge < -0.3 is 14.7 Å². The Labute approximate surface area is 156 Å². The van der Waals surface area contributed by atoms with Gasteiger partial charge in [0, 0.05) is 38.8 Å². The van der Waals surface area contributed by atoms with Crippen LogP contribution in [0, 0.1) is 12.8 Å². The molecular formula is C21H30N2O3. The second-order valence-corrected chi connectivity index (χ2v) is 7.41. The molecule has 2 aliphatic heterocycles. The molecule has 5 nitrogen and oxygen atoms in total. The van der Waals surface area contributed by atoms with Gasteiger partial charge in [0.2, 0.25) is 5.91 Å². The zero-order valence-corrected chi connectivity index (χ0v) is 15.6. The highest BCUT2D eigenvalue weighted by atomic mass is 16.5. The van der Waals surface area contributed by atoms with Gasteiger partial charge in [0.15, 0.2) is 0 Å². The molecule has 1 amide bonds. The topological polar surface area (TPSA) is 53.0 Å². The van der Waals surface area contributed by atoms with E-state index in [1.54, 1.807) is 11.0 Å². The molecule has 0 saturated carbocycles. The van der Waals surface area contributed by atoms with Crippen LogP contribution in [-0.4, -0.2) is 72.9 Å². The molecular weight excluding hydrogens is 328 g/mol. The average molecular weight is 358 g/mol. The zero-order valence-electron chi connectivity index (χ0n) is 15.6. The Morgan fingerprint density at radius 1 is 1.23 bits per heavy atom. The summed E-state index contributed by atoms with van der Waals surface area (Å²) in [7, 11) is 0. The lowest BCUT2D eigenvalue weighted by atomic mass is 9.87. The highest BCUT2D eigenvalue weighted by Gasteiger charge is 2.29. The van der Waals surface area contributed by atoms with Gasteiger partial charge in [-0.25, -0.2) is 0 Å². The minimum absolute atomic E-state index is 0.00564. The molecule has 2 atom stereocenters. The van der Waals surface area contributed by atoms with Crippen LogP contribution in [0.3, 0.4) is 0 Å². The molecule has 2 aliphatic rings. The van der Waals surface area contributed by atoms with E-state index in [4.69, 9.17) is 4.74 Å². The maximum Gasteiger partial charge on any atom is 0.246 e. The van der Waals surface area contributed by atoms with E-state index in [1.165, 1.54) is 11.1 Å². The molecule has 0 radical (unpaired) electrons. The number of aryl methyl sites for hydroxylation is 1. The molecule has 0 aromatic heterocycles. The number of aliphatic hydroxyl groups is 1. The molecule has 1 aromatic carbocycles. The number of ether oxygens (including phenoxy) is 1. The highest BCUT2D eigenvalue weighted by molar-refractivity contribution is 5.87. The molecule has 1 N–H and O–H groups in total. The van der Waals surface area contributed by atoms with Gasteiger partial charge in [-0.05, 0) is 31.2 Å². The first-order valence-corrected chi connectivity index (χ1v) is 9.61. The van der Waals surface area contributed by atoms with Crippen molar-refractivity contribution in [2.45, 2.75) is 25.9 Å². The van der Waals surface area contributed by atoms with Crippen molar-refractivity contribution < 1.29 is 14.6 Å². The van der Waals surface area contributed by atoms with Crippen molar-refractivity contribution >= 4 is 5.91 Å². The Balaban J connectivity index is 1.44. The fourth-order valence-corrected chi connectivity index (χ4v) is 3.64.